The first-order valence-electron chi connectivity index (χ1n) is 6.35. The number of anilines is 1. The van der Waals surface area contributed by atoms with Gasteiger partial charge < -0.3 is 5.32 Å². The van der Waals surface area contributed by atoms with E-state index in [4.69, 9.17) is 4.98 Å². The van der Waals surface area contributed by atoms with Gasteiger partial charge in [-0.25, -0.2) is 15.0 Å². The molecule has 0 unspecified atom stereocenters. The molecule has 19 heavy (non-hydrogen) atoms. The normalized spacial score (nSPS) is 11.6. The van der Waals surface area contributed by atoms with E-state index in [9.17, 15) is 0 Å². The van der Waals surface area contributed by atoms with Gasteiger partial charge in [-0.2, -0.15) is 0 Å². The smallest absolute Gasteiger partial charge is 0.222 e. The van der Waals surface area contributed by atoms with E-state index in [-0.39, 0.29) is 5.41 Å². The van der Waals surface area contributed by atoms with Crippen LogP contribution in [0.15, 0.2) is 11.4 Å². The quantitative estimate of drug-likeness (QED) is 0.935. The molecule has 0 bridgehead atoms. The van der Waals surface area contributed by atoms with Crippen molar-refractivity contribution in [3.63, 3.8) is 0 Å². The summed E-state index contributed by atoms with van der Waals surface area (Å²) in [5.41, 5.74) is 3.23. The fraction of sp³-hybridized carbons (Fsp3) is 0.500. The molecule has 2 aromatic rings. The Balaban J connectivity index is 2.21. The maximum absolute atomic E-state index is 4.70. The molecule has 0 aliphatic heterocycles. The monoisotopic (exact) mass is 276 g/mol. The summed E-state index contributed by atoms with van der Waals surface area (Å²) in [5, 5.41) is 6.23. The number of nitrogens with zero attached hydrogens (tertiary/aromatic N) is 3. The summed E-state index contributed by atoms with van der Waals surface area (Å²) < 4.78 is 0. The molecule has 4 nitrogen and oxygen atoms in total. The van der Waals surface area contributed by atoms with Crippen molar-refractivity contribution in [2.24, 2.45) is 0 Å². The third-order valence-corrected chi connectivity index (χ3v) is 3.63. The molecule has 102 valence electrons. The van der Waals surface area contributed by atoms with E-state index in [1.54, 1.807) is 11.3 Å². The number of aryl methyl sites for hydroxylation is 1. The highest BCUT2D eigenvalue weighted by Crippen LogP contribution is 2.25. The number of rotatable bonds is 3. The van der Waals surface area contributed by atoms with E-state index in [1.807, 2.05) is 20.0 Å². The average molecular weight is 276 g/mol. The van der Waals surface area contributed by atoms with Gasteiger partial charge in [0.25, 0.3) is 0 Å². The van der Waals surface area contributed by atoms with Crippen LogP contribution in [0.3, 0.4) is 0 Å². The third-order valence-electron chi connectivity index (χ3n) is 2.78. The lowest BCUT2D eigenvalue weighted by Gasteiger charge is -2.14. The van der Waals surface area contributed by atoms with Crippen molar-refractivity contribution in [1.29, 1.82) is 0 Å². The van der Waals surface area contributed by atoms with Gasteiger partial charge in [0.2, 0.25) is 5.95 Å². The Bertz CT molecular complexity index is 569. The minimum absolute atomic E-state index is 0.104. The number of nitrogens with one attached hydrogen (secondary N) is 1. The van der Waals surface area contributed by atoms with Crippen LogP contribution in [0.25, 0.3) is 0 Å². The molecule has 0 radical (unpaired) electrons. The molecule has 0 aromatic carbocycles. The summed E-state index contributed by atoms with van der Waals surface area (Å²) in [4.78, 5) is 13.5. The highest BCUT2D eigenvalue weighted by Gasteiger charge is 2.17. The van der Waals surface area contributed by atoms with E-state index in [0.29, 0.717) is 5.95 Å². The van der Waals surface area contributed by atoms with Gasteiger partial charge in [-0.1, -0.05) is 20.8 Å². The van der Waals surface area contributed by atoms with Gasteiger partial charge in [0.15, 0.2) is 0 Å². The van der Waals surface area contributed by atoms with E-state index in [0.717, 1.165) is 28.5 Å². The van der Waals surface area contributed by atoms with Crippen LogP contribution in [0.1, 0.15) is 42.9 Å². The molecule has 2 aromatic heterocycles. The molecular formula is C14H20N4S. The molecule has 2 heterocycles. The molecule has 0 aliphatic carbocycles. The maximum Gasteiger partial charge on any atom is 0.222 e. The molecule has 0 amide bonds. The van der Waals surface area contributed by atoms with Gasteiger partial charge >= 0.3 is 0 Å². The highest BCUT2D eigenvalue weighted by molar-refractivity contribution is 7.09. The van der Waals surface area contributed by atoms with Gasteiger partial charge in [-0.15, -0.1) is 11.3 Å². The van der Waals surface area contributed by atoms with E-state index < -0.39 is 0 Å². The third kappa shape index (κ3) is 3.50. The van der Waals surface area contributed by atoms with Crippen molar-refractivity contribution in [1.82, 2.24) is 15.0 Å². The van der Waals surface area contributed by atoms with Crippen LogP contribution in [0, 0.1) is 6.92 Å². The average Bonchev–Trinajstić information content (AvgIpc) is 2.76. The highest BCUT2D eigenvalue weighted by atomic mass is 32.1. The Kier molecular flexibility index (Phi) is 3.85. The van der Waals surface area contributed by atoms with Gasteiger partial charge in [0.1, 0.15) is 0 Å². The molecule has 5 heteroatoms. The second-order valence-corrected chi connectivity index (χ2v) is 6.57. The minimum Gasteiger partial charge on any atom is -0.357 e. The van der Waals surface area contributed by atoms with Crippen molar-refractivity contribution in [3.8, 4) is 0 Å². The van der Waals surface area contributed by atoms with Crippen molar-refractivity contribution in [2.45, 2.75) is 39.5 Å². The number of aromatic nitrogens is 3. The standard InChI is InChI=1S/C14H20N4S/c1-9-6-10(17-13(15-5)16-9)7-12-18-11(8-19-12)14(2,3)4/h6,8H,7H2,1-5H3,(H,15,16,17). The first-order valence-corrected chi connectivity index (χ1v) is 7.23. The van der Waals surface area contributed by atoms with Gasteiger partial charge in [0.05, 0.1) is 16.4 Å². The lowest BCUT2D eigenvalue weighted by atomic mass is 9.93. The van der Waals surface area contributed by atoms with E-state index in [1.165, 1.54) is 0 Å². The van der Waals surface area contributed by atoms with Crippen molar-refractivity contribution < 1.29 is 0 Å². The van der Waals surface area contributed by atoms with Crippen LogP contribution >= 0.6 is 11.3 Å². The van der Waals surface area contributed by atoms with Gasteiger partial charge in [-0.05, 0) is 13.0 Å². The molecule has 1 N–H and O–H groups in total. The zero-order chi connectivity index (χ0) is 14.0. The maximum atomic E-state index is 4.70. The predicted molar refractivity (Wildman–Crippen MR) is 79.9 cm³/mol. The number of thiazole rings is 1. The molecule has 0 saturated carbocycles. The fourth-order valence-corrected chi connectivity index (χ4v) is 2.76. The second kappa shape index (κ2) is 5.25. The van der Waals surface area contributed by atoms with Crippen LogP contribution < -0.4 is 5.32 Å². The Morgan fingerprint density at radius 3 is 2.53 bits per heavy atom. The van der Waals surface area contributed by atoms with Crippen LogP contribution in [-0.2, 0) is 11.8 Å². The lowest BCUT2D eigenvalue weighted by Crippen LogP contribution is -2.11. The zero-order valence-electron chi connectivity index (χ0n) is 12.1. The first-order chi connectivity index (χ1) is 8.88. The topological polar surface area (TPSA) is 50.7 Å². The van der Waals surface area contributed by atoms with Gasteiger partial charge in [-0.3, -0.25) is 0 Å². The molecule has 0 atom stereocenters. The summed E-state index contributed by atoms with van der Waals surface area (Å²) in [6.45, 7) is 8.52. The van der Waals surface area contributed by atoms with E-state index >= 15 is 0 Å². The predicted octanol–water partition coefficient (Wildman–Crippen LogP) is 3.17. The van der Waals surface area contributed by atoms with E-state index in [2.05, 4.69) is 41.4 Å². The van der Waals surface area contributed by atoms with Crippen LogP contribution in [-0.4, -0.2) is 22.0 Å². The summed E-state index contributed by atoms with van der Waals surface area (Å²) in [7, 11) is 1.83. The first kappa shape index (κ1) is 13.9. The Labute approximate surface area is 118 Å². The molecule has 0 aliphatic rings. The zero-order valence-corrected chi connectivity index (χ0v) is 12.9. The molecule has 0 saturated heterocycles. The van der Waals surface area contributed by atoms with Crippen molar-refractivity contribution in [2.75, 3.05) is 12.4 Å². The van der Waals surface area contributed by atoms with Crippen LogP contribution in [0.2, 0.25) is 0 Å². The van der Waals surface area contributed by atoms with Crippen LogP contribution in [0.5, 0.6) is 0 Å². The summed E-state index contributed by atoms with van der Waals surface area (Å²) >= 11 is 1.70. The van der Waals surface area contributed by atoms with Gasteiger partial charge in [0, 0.05) is 30.0 Å². The Morgan fingerprint density at radius 1 is 1.21 bits per heavy atom. The molecule has 0 spiro atoms. The Morgan fingerprint density at radius 2 is 1.95 bits per heavy atom. The summed E-state index contributed by atoms with van der Waals surface area (Å²) in [5.74, 6) is 0.669. The van der Waals surface area contributed by atoms with Crippen molar-refractivity contribution in [3.05, 3.63) is 33.5 Å². The van der Waals surface area contributed by atoms with Crippen molar-refractivity contribution >= 4 is 17.3 Å². The molecule has 2 rings (SSSR count). The van der Waals surface area contributed by atoms with Crippen LogP contribution in [0.4, 0.5) is 5.95 Å². The molecular weight excluding hydrogens is 256 g/mol. The summed E-state index contributed by atoms with van der Waals surface area (Å²) in [6.07, 6.45) is 0.763. The second-order valence-electron chi connectivity index (χ2n) is 5.63. The summed E-state index contributed by atoms with van der Waals surface area (Å²) in [6, 6.07) is 2.01. The fourth-order valence-electron chi connectivity index (χ4n) is 1.73. The largest absolute Gasteiger partial charge is 0.357 e. The molecule has 0 fully saturated rings. The Hall–Kier alpha value is -1.49. The lowest BCUT2D eigenvalue weighted by molar-refractivity contribution is 0.571. The SMILES string of the molecule is CNc1nc(C)cc(Cc2nc(C(C)(C)C)cs2)n1. The number of hydrogen-bond acceptors (Lipinski definition) is 5. The number of hydrogen-bond donors (Lipinski definition) is 1. The minimum atomic E-state index is 0.104.